The fraction of sp³-hybridized carbons (Fsp3) is 0.714. The first-order chi connectivity index (χ1) is 8.41. The van der Waals surface area contributed by atoms with Crippen LogP contribution in [0.1, 0.15) is 58.2 Å². The molecule has 1 fully saturated rings. The van der Waals surface area contributed by atoms with Crippen molar-refractivity contribution in [1.82, 2.24) is 9.97 Å². The quantitative estimate of drug-likeness (QED) is 0.893. The maximum atomic E-state index is 11.8. The van der Waals surface area contributed by atoms with Crippen molar-refractivity contribution in [3.63, 3.8) is 0 Å². The number of nitrogens with one attached hydrogen (secondary N) is 1. The van der Waals surface area contributed by atoms with E-state index in [1.807, 2.05) is 6.92 Å². The van der Waals surface area contributed by atoms with Crippen LogP contribution < -0.4 is 5.56 Å². The Morgan fingerprint density at radius 3 is 2.67 bits per heavy atom. The van der Waals surface area contributed by atoms with Gasteiger partial charge in [-0.3, -0.25) is 4.79 Å². The number of aromatic amines is 1. The summed E-state index contributed by atoms with van der Waals surface area (Å²) in [7, 11) is 0. The van der Waals surface area contributed by atoms with Crippen LogP contribution in [0.4, 0.5) is 0 Å². The first kappa shape index (κ1) is 13.3. The molecule has 0 radical (unpaired) electrons. The molecular weight excluding hydrogens is 228 g/mol. The Morgan fingerprint density at radius 1 is 1.50 bits per heavy atom. The topological polar surface area (TPSA) is 55.0 Å². The molecule has 1 unspecified atom stereocenters. The molecule has 1 aliphatic rings. The maximum Gasteiger partial charge on any atom is 0.251 e. The highest BCUT2D eigenvalue weighted by Crippen LogP contribution is 2.42. The van der Waals surface area contributed by atoms with Gasteiger partial charge in [-0.05, 0) is 25.7 Å². The van der Waals surface area contributed by atoms with Gasteiger partial charge in [0.25, 0.3) is 5.56 Å². The molecular formula is C14H22N2O2. The minimum absolute atomic E-state index is 0.0509. The summed E-state index contributed by atoms with van der Waals surface area (Å²) in [6.45, 7) is 8.80. The summed E-state index contributed by atoms with van der Waals surface area (Å²) in [6, 6.07) is 1.58. The van der Waals surface area contributed by atoms with E-state index in [1.165, 1.54) is 0 Å². The predicted molar refractivity (Wildman–Crippen MR) is 70.6 cm³/mol. The van der Waals surface area contributed by atoms with E-state index in [-0.39, 0.29) is 17.1 Å². The van der Waals surface area contributed by atoms with E-state index in [2.05, 4.69) is 30.7 Å². The molecule has 100 valence electrons. The Labute approximate surface area is 108 Å². The number of rotatable bonds is 4. The van der Waals surface area contributed by atoms with Crippen LogP contribution in [0.3, 0.4) is 0 Å². The molecule has 1 heterocycles. The van der Waals surface area contributed by atoms with Gasteiger partial charge in [0.1, 0.15) is 11.9 Å². The third kappa shape index (κ3) is 2.99. The second-order valence-corrected chi connectivity index (χ2v) is 5.98. The van der Waals surface area contributed by atoms with Crippen molar-refractivity contribution in [3.8, 4) is 0 Å². The molecule has 4 nitrogen and oxygen atoms in total. The molecule has 4 heteroatoms. The summed E-state index contributed by atoms with van der Waals surface area (Å²) in [5.74, 6) is 1.21. The molecule has 0 spiro atoms. The van der Waals surface area contributed by atoms with Crippen molar-refractivity contribution >= 4 is 0 Å². The molecule has 0 aromatic carbocycles. The molecule has 2 rings (SSSR count). The lowest BCUT2D eigenvalue weighted by Gasteiger charge is -2.21. The van der Waals surface area contributed by atoms with Crippen LogP contribution in [0.2, 0.25) is 0 Å². The molecule has 1 aromatic heterocycles. The normalized spacial score (nSPS) is 17.8. The lowest BCUT2D eigenvalue weighted by Crippen LogP contribution is -2.23. The number of hydrogen-bond donors (Lipinski definition) is 1. The van der Waals surface area contributed by atoms with Gasteiger partial charge in [0, 0.05) is 18.1 Å². The summed E-state index contributed by atoms with van der Waals surface area (Å²) in [4.78, 5) is 19.2. The average Bonchev–Trinajstić information content (AvgIpc) is 3.07. The van der Waals surface area contributed by atoms with Gasteiger partial charge in [-0.2, -0.15) is 0 Å². The maximum absolute atomic E-state index is 11.8. The van der Waals surface area contributed by atoms with Gasteiger partial charge in [0.2, 0.25) is 0 Å². The van der Waals surface area contributed by atoms with Crippen LogP contribution >= 0.6 is 0 Å². The number of H-pyrrole nitrogens is 1. The Balaban J connectivity index is 2.37. The Hall–Kier alpha value is -1.16. The number of nitrogens with zero attached hydrogens (tertiary/aromatic N) is 1. The van der Waals surface area contributed by atoms with Gasteiger partial charge in [-0.1, -0.05) is 20.8 Å². The number of ether oxygens (including phenoxy) is 1. The summed E-state index contributed by atoms with van der Waals surface area (Å²) < 4.78 is 5.74. The molecule has 0 saturated heterocycles. The summed E-state index contributed by atoms with van der Waals surface area (Å²) >= 11 is 0. The standard InChI is InChI=1S/C14H22N2O2/c1-5-18-12(9-6-7-9)13-15-10(14(2,3)4)8-11(17)16-13/h8-9,12H,5-7H2,1-4H3,(H,15,16,17). The highest BCUT2D eigenvalue weighted by molar-refractivity contribution is 5.14. The van der Waals surface area contributed by atoms with E-state index < -0.39 is 0 Å². The van der Waals surface area contributed by atoms with E-state index in [4.69, 9.17) is 4.74 Å². The zero-order valence-corrected chi connectivity index (χ0v) is 11.6. The molecule has 1 N–H and O–H groups in total. The van der Waals surface area contributed by atoms with E-state index in [1.54, 1.807) is 6.07 Å². The molecule has 0 amide bonds. The molecule has 1 atom stereocenters. The van der Waals surface area contributed by atoms with Crippen LogP contribution in [0.15, 0.2) is 10.9 Å². The highest BCUT2D eigenvalue weighted by atomic mass is 16.5. The summed E-state index contributed by atoms with van der Waals surface area (Å²) in [5.41, 5.74) is 0.616. The monoisotopic (exact) mass is 250 g/mol. The fourth-order valence-corrected chi connectivity index (χ4v) is 2.01. The largest absolute Gasteiger partial charge is 0.370 e. The first-order valence-electron chi connectivity index (χ1n) is 6.65. The number of aromatic nitrogens is 2. The van der Waals surface area contributed by atoms with Crippen molar-refractivity contribution < 1.29 is 4.74 Å². The highest BCUT2D eigenvalue weighted by Gasteiger charge is 2.35. The van der Waals surface area contributed by atoms with Crippen LogP contribution in [0, 0.1) is 5.92 Å². The van der Waals surface area contributed by atoms with E-state index >= 15 is 0 Å². The van der Waals surface area contributed by atoms with Gasteiger partial charge in [0.05, 0.1) is 5.69 Å². The second-order valence-electron chi connectivity index (χ2n) is 5.98. The van der Waals surface area contributed by atoms with Gasteiger partial charge in [-0.15, -0.1) is 0 Å². The Morgan fingerprint density at radius 2 is 2.17 bits per heavy atom. The van der Waals surface area contributed by atoms with Gasteiger partial charge in [0.15, 0.2) is 0 Å². The van der Waals surface area contributed by atoms with Crippen molar-refractivity contribution in [2.45, 2.75) is 52.1 Å². The lowest BCUT2D eigenvalue weighted by atomic mass is 9.92. The Kier molecular flexibility index (Phi) is 3.57. The third-order valence-electron chi connectivity index (χ3n) is 3.19. The fourth-order valence-electron chi connectivity index (χ4n) is 2.01. The SMILES string of the molecule is CCOC(c1nc(C(C)(C)C)cc(=O)[nH]1)C1CC1. The summed E-state index contributed by atoms with van der Waals surface area (Å²) in [6.07, 6.45) is 2.27. The van der Waals surface area contributed by atoms with Gasteiger partial charge in [-0.25, -0.2) is 4.98 Å². The molecule has 0 aliphatic heterocycles. The van der Waals surface area contributed by atoms with Crippen molar-refractivity contribution in [2.75, 3.05) is 6.61 Å². The van der Waals surface area contributed by atoms with Crippen LogP contribution in [-0.4, -0.2) is 16.6 Å². The predicted octanol–water partition coefficient (Wildman–Crippen LogP) is 2.56. The molecule has 1 saturated carbocycles. The van der Waals surface area contributed by atoms with Crippen molar-refractivity contribution in [3.05, 3.63) is 27.9 Å². The molecule has 1 aromatic rings. The zero-order chi connectivity index (χ0) is 13.3. The lowest BCUT2D eigenvalue weighted by molar-refractivity contribution is 0.0395. The molecule has 18 heavy (non-hydrogen) atoms. The third-order valence-corrected chi connectivity index (χ3v) is 3.19. The van der Waals surface area contributed by atoms with Gasteiger partial charge >= 0.3 is 0 Å². The summed E-state index contributed by atoms with van der Waals surface area (Å²) in [5, 5.41) is 0. The van der Waals surface area contributed by atoms with Crippen LogP contribution in [0.5, 0.6) is 0 Å². The average molecular weight is 250 g/mol. The molecule has 1 aliphatic carbocycles. The number of hydrogen-bond acceptors (Lipinski definition) is 3. The van der Waals surface area contributed by atoms with Gasteiger partial charge < -0.3 is 9.72 Å². The van der Waals surface area contributed by atoms with E-state index in [9.17, 15) is 4.79 Å². The zero-order valence-electron chi connectivity index (χ0n) is 11.6. The second kappa shape index (κ2) is 4.84. The van der Waals surface area contributed by atoms with Crippen molar-refractivity contribution in [1.29, 1.82) is 0 Å². The first-order valence-corrected chi connectivity index (χ1v) is 6.65. The van der Waals surface area contributed by atoms with E-state index in [0.29, 0.717) is 18.3 Å². The van der Waals surface area contributed by atoms with Crippen molar-refractivity contribution in [2.24, 2.45) is 5.92 Å². The van der Waals surface area contributed by atoms with Crippen LogP contribution in [0.25, 0.3) is 0 Å². The minimum atomic E-state index is -0.122. The van der Waals surface area contributed by atoms with E-state index in [0.717, 1.165) is 18.5 Å². The van der Waals surface area contributed by atoms with Crippen LogP contribution in [-0.2, 0) is 10.2 Å². The smallest absolute Gasteiger partial charge is 0.251 e. The minimum Gasteiger partial charge on any atom is -0.370 e. The Bertz CT molecular complexity index is 469. The molecule has 0 bridgehead atoms.